The van der Waals surface area contributed by atoms with Crippen LogP contribution in [0.3, 0.4) is 0 Å². The molecule has 0 saturated carbocycles. The predicted molar refractivity (Wildman–Crippen MR) is 100 cm³/mol. The molecule has 0 spiro atoms. The first-order valence-corrected chi connectivity index (χ1v) is 9.12. The van der Waals surface area contributed by atoms with E-state index in [9.17, 15) is 14.7 Å². The fraction of sp³-hybridized carbons (Fsp3) is 0.350. The summed E-state index contributed by atoms with van der Waals surface area (Å²) in [5.74, 6) is -0.373. The van der Waals surface area contributed by atoms with Crippen LogP contribution in [0.4, 0.5) is 5.69 Å². The fourth-order valence-corrected chi connectivity index (χ4v) is 3.77. The zero-order chi connectivity index (χ0) is 18.9. The van der Waals surface area contributed by atoms with Gasteiger partial charge in [-0.1, -0.05) is 24.3 Å². The van der Waals surface area contributed by atoms with E-state index in [2.05, 4.69) is 15.6 Å². The van der Waals surface area contributed by atoms with Gasteiger partial charge >= 0.3 is 0 Å². The maximum Gasteiger partial charge on any atom is 0.270 e. The van der Waals surface area contributed by atoms with Gasteiger partial charge in [-0.3, -0.25) is 14.6 Å². The van der Waals surface area contributed by atoms with Gasteiger partial charge in [-0.05, 0) is 36.1 Å². The standard InChI is InChI=1S/C20H22N4O3/c25-18-12-24(10-9-22-18)15-6-8-21-17(11-15)19(26)23-13-20(27)7-5-14-3-1-2-4-16(14)20/h1-4,6,8,11,27H,5,7,9-10,12-13H2,(H,22,25)(H,23,26)/t20-/m1/s1. The zero-order valence-corrected chi connectivity index (χ0v) is 14.9. The molecule has 1 aromatic carbocycles. The number of aryl methyl sites for hydroxylation is 1. The molecule has 3 N–H and O–H groups in total. The topological polar surface area (TPSA) is 94.6 Å². The lowest BCUT2D eigenvalue weighted by molar-refractivity contribution is -0.120. The predicted octanol–water partition coefficient (Wildman–Crippen LogP) is 0.582. The third-order valence-corrected chi connectivity index (χ3v) is 5.25. The number of amides is 2. The molecule has 1 atom stereocenters. The number of benzene rings is 1. The van der Waals surface area contributed by atoms with Crippen LogP contribution in [0.25, 0.3) is 0 Å². The number of nitrogens with zero attached hydrogens (tertiary/aromatic N) is 2. The van der Waals surface area contributed by atoms with E-state index in [-0.39, 0.29) is 30.6 Å². The minimum absolute atomic E-state index is 0.0359. The van der Waals surface area contributed by atoms with Crippen molar-refractivity contribution in [2.24, 2.45) is 0 Å². The smallest absolute Gasteiger partial charge is 0.270 e. The van der Waals surface area contributed by atoms with Gasteiger partial charge in [0.25, 0.3) is 5.91 Å². The highest BCUT2D eigenvalue weighted by atomic mass is 16.3. The monoisotopic (exact) mass is 366 g/mol. The molecule has 0 unspecified atom stereocenters. The van der Waals surface area contributed by atoms with Crippen molar-refractivity contribution in [1.82, 2.24) is 15.6 Å². The quantitative estimate of drug-likeness (QED) is 0.736. The van der Waals surface area contributed by atoms with Crippen molar-refractivity contribution in [2.75, 3.05) is 31.1 Å². The van der Waals surface area contributed by atoms with Crippen molar-refractivity contribution >= 4 is 17.5 Å². The van der Waals surface area contributed by atoms with Gasteiger partial charge in [0.15, 0.2) is 0 Å². The van der Waals surface area contributed by atoms with Crippen LogP contribution in [0.2, 0.25) is 0 Å². The van der Waals surface area contributed by atoms with Crippen LogP contribution < -0.4 is 15.5 Å². The van der Waals surface area contributed by atoms with Gasteiger partial charge in [-0.25, -0.2) is 0 Å². The summed E-state index contributed by atoms with van der Waals surface area (Å²) in [4.78, 5) is 30.2. The third kappa shape index (κ3) is 3.50. The summed E-state index contributed by atoms with van der Waals surface area (Å²) < 4.78 is 0. The average Bonchev–Trinajstić information content (AvgIpc) is 3.04. The first kappa shape index (κ1) is 17.5. The van der Waals surface area contributed by atoms with E-state index in [0.29, 0.717) is 19.5 Å². The zero-order valence-electron chi connectivity index (χ0n) is 14.9. The molecular formula is C20H22N4O3. The van der Waals surface area contributed by atoms with Gasteiger partial charge in [-0.15, -0.1) is 0 Å². The Balaban J connectivity index is 1.45. The molecule has 0 bridgehead atoms. The number of rotatable bonds is 4. The van der Waals surface area contributed by atoms with Crippen LogP contribution >= 0.6 is 0 Å². The van der Waals surface area contributed by atoms with Crippen molar-refractivity contribution < 1.29 is 14.7 Å². The summed E-state index contributed by atoms with van der Waals surface area (Å²) in [6.45, 7) is 1.67. The molecule has 140 valence electrons. The first-order chi connectivity index (χ1) is 13.0. The molecule has 4 rings (SSSR count). The van der Waals surface area contributed by atoms with Crippen molar-refractivity contribution in [1.29, 1.82) is 0 Å². The van der Waals surface area contributed by atoms with Crippen LogP contribution in [0.15, 0.2) is 42.6 Å². The van der Waals surface area contributed by atoms with Crippen LogP contribution in [-0.2, 0) is 16.8 Å². The van der Waals surface area contributed by atoms with E-state index < -0.39 is 5.60 Å². The highest BCUT2D eigenvalue weighted by Gasteiger charge is 2.36. The summed E-state index contributed by atoms with van der Waals surface area (Å²) in [6, 6.07) is 11.2. The number of carbonyl (C=O) groups is 2. The molecule has 1 aromatic heterocycles. The largest absolute Gasteiger partial charge is 0.383 e. The number of nitrogens with one attached hydrogen (secondary N) is 2. The maximum absolute atomic E-state index is 12.6. The van der Waals surface area contributed by atoms with E-state index in [4.69, 9.17) is 0 Å². The fourth-order valence-electron chi connectivity index (χ4n) is 3.77. The Labute approximate surface area is 157 Å². The minimum atomic E-state index is -1.05. The highest BCUT2D eigenvalue weighted by Crippen LogP contribution is 2.36. The Morgan fingerprint density at radius 1 is 1.33 bits per heavy atom. The SMILES string of the molecule is O=C1CN(c2ccnc(C(=O)NC[C@]3(O)CCc4ccccc43)c2)CCN1. The number of pyridine rings is 1. The van der Waals surface area contributed by atoms with E-state index in [1.54, 1.807) is 18.3 Å². The van der Waals surface area contributed by atoms with Gasteiger partial charge < -0.3 is 20.6 Å². The number of carbonyl (C=O) groups excluding carboxylic acids is 2. The molecule has 2 aliphatic rings. The Bertz CT molecular complexity index is 885. The summed E-state index contributed by atoms with van der Waals surface area (Å²) in [6.07, 6.45) is 2.95. The number of fused-ring (bicyclic) bond motifs is 1. The third-order valence-electron chi connectivity index (χ3n) is 5.25. The molecule has 7 nitrogen and oxygen atoms in total. The van der Waals surface area contributed by atoms with Crippen molar-refractivity contribution in [2.45, 2.75) is 18.4 Å². The van der Waals surface area contributed by atoms with Gasteiger partial charge in [0, 0.05) is 25.0 Å². The number of piperazine rings is 1. The van der Waals surface area contributed by atoms with Crippen molar-refractivity contribution in [3.05, 3.63) is 59.4 Å². The molecule has 2 amide bonds. The lowest BCUT2D eigenvalue weighted by atomic mass is 9.96. The van der Waals surface area contributed by atoms with Crippen molar-refractivity contribution in [3.8, 4) is 0 Å². The van der Waals surface area contributed by atoms with E-state index in [0.717, 1.165) is 23.2 Å². The number of anilines is 1. The first-order valence-electron chi connectivity index (χ1n) is 9.12. The lowest BCUT2D eigenvalue weighted by Crippen LogP contribution is -2.47. The summed E-state index contributed by atoms with van der Waals surface area (Å²) >= 11 is 0. The number of aromatic nitrogens is 1. The maximum atomic E-state index is 12.6. The summed E-state index contributed by atoms with van der Waals surface area (Å²) in [5.41, 5.74) is 2.02. The highest BCUT2D eigenvalue weighted by molar-refractivity contribution is 5.93. The second-order valence-electron chi connectivity index (χ2n) is 7.04. The molecule has 2 heterocycles. The van der Waals surface area contributed by atoms with Crippen LogP contribution in [0, 0.1) is 0 Å². The molecular weight excluding hydrogens is 344 g/mol. The minimum Gasteiger partial charge on any atom is -0.383 e. The van der Waals surface area contributed by atoms with Gasteiger partial charge in [0.05, 0.1) is 13.1 Å². The average molecular weight is 366 g/mol. The summed E-state index contributed by atoms with van der Waals surface area (Å²) in [5, 5.41) is 16.5. The molecule has 1 aliphatic heterocycles. The Morgan fingerprint density at radius 3 is 3.04 bits per heavy atom. The van der Waals surface area contributed by atoms with Crippen LogP contribution in [0.1, 0.15) is 28.0 Å². The summed E-state index contributed by atoms with van der Waals surface area (Å²) in [7, 11) is 0. The van der Waals surface area contributed by atoms with E-state index >= 15 is 0 Å². The lowest BCUT2D eigenvalue weighted by Gasteiger charge is -2.28. The van der Waals surface area contributed by atoms with Crippen LogP contribution in [-0.4, -0.2) is 48.1 Å². The Morgan fingerprint density at radius 2 is 2.19 bits per heavy atom. The molecule has 2 aromatic rings. The molecule has 1 fully saturated rings. The molecule has 1 aliphatic carbocycles. The molecule has 1 saturated heterocycles. The van der Waals surface area contributed by atoms with E-state index in [1.807, 2.05) is 29.2 Å². The van der Waals surface area contributed by atoms with Gasteiger partial charge in [0.2, 0.25) is 5.91 Å². The Kier molecular flexibility index (Phi) is 4.53. The number of hydrogen-bond acceptors (Lipinski definition) is 5. The molecule has 7 heteroatoms. The van der Waals surface area contributed by atoms with Crippen molar-refractivity contribution in [3.63, 3.8) is 0 Å². The van der Waals surface area contributed by atoms with Gasteiger partial charge in [0.1, 0.15) is 11.3 Å². The molecule has 0 radical (unpaired) electrons. The normalized spacial score (nSPS) is 21.5. The second-order valence-corrected chi connectivity index (χ2v) is 7.04. The Hall–Kier alpha value is -2.93. The molecule has 27 heavy (non-hydrogen) atoms. The van der Waals surface area contributed by atoms with Crippen LogP contribution in [0.5, 0.6) is 0 Å². The second kappa shape index (κ2) is 7.00. The number of hydrogen-bond donors (Lipinski definition) is 3. The number of aliphatic hydroxyl groups is 1. The van der Waals surface area contributed by atoms with Gasteiger partial charge in [-0.2, -0.15) is 0 Å². The van der Waals surface area contributed by atoms with E-state index in [1.165, 1.54) is 0 Å².